The molecular formula is C80H64N16O20S2. The van der Waals surface area contributed by atoms with Gasteiger partial charge in [0, 0.05) is 77.9 Å². The second kappa shape index (κ2) is 32.7. The average molecular weight is 1630 g/mol. The number of benzene rings is 4. The fourth-order valence-electron chi connectivity index (χ4n) is 13.3. The van der Waals surface area contributed by atoms with Gasteiger partial charge in [0.25, 0.3) is 59.1 Å². The SMILES string of the molecule is COc1ccc2c(c1)C(=O)N(C[C@@]1(C#Cc3ccc(=O)[nH]c3)NC(=O)NC1=O)C2.COc1ccc2c(c1)C(=O)N(C[C@@]1(C#Cc3ccc(C(N)=O)s3)NC(=O)NC1=O)C2.COc1ccc2c(c1)C(=O)N(C[C@@]1(C#Cc3ccc[n+]([O-])c3)NC(=O)NC1=O)C2.COc1ccc2c(c1)C(=O)N(C[C@@]1(C#Cc3ccsc3C(N)=O)NC(=O)NC1=O)C2. The molecule has 16 rings (SSSR count). The van der Waals surface area contributed by atoms with Gasteiger partial charge < -0.3 is 81.5 Å². The van der Waals surface area contributed by atoms with Crippen LogP contribution in [-0.2, 0) is 45.4 Å². The summed E-state index contributed by atoms with van der Waals surface area (Å²) in [7, 11) is 6.04. The summed E-state index contributed by atoms with van der Waals surface area (Å²) in [6, 6.07) is 28.6. The Morgan fingerprint density at radius 1 is 0.458 bits per heavy atom. The number of hydrogen-bond acceptors (Lipinski definition) is 22. The zero-order valence-electron chi connectivity index (χ0n) is 62.3. The van der Waals surface area contributed by atoms with Crippen molar-refractivity contribution in [2.24, 2.45) is 11.5 Å². The van der Waals surface area contributed by atoms with Crippen molar-refractivity contribution in [1.29, 1.82) is 0 Å². The smallest absolute Gasteiger partial charge is 0.323 e. The number of aromatic nitrogens is 2. The summed E-state index contributed by atoms with van der Waals surface area (Å²) in [6.45, 7) is 0.518. The van der Waals surface area contributed by atoms with Crippen LogP contribution in [0.2, 0.25) is 0 Å². The molecule has 0 radical (unpaired) electrons. The summed E-state index contributed by atoms with van der Waals surface area (Å²) in [4.78, 5) is 192. The Labute approximate surface area is 675 Å². The molecule has 596 valence electrons. The van der Waals surface area contributed by atoms with Crippen molar-refractivity contribution < 1.29 is 90.8 Å². The van der Waals surface area contributed by atoms with Crippen molar-refractivity contribution in [2.75, 3.05) is 54.6 Å². The number of amides is 18. The lowest BCUT2D eigenvalue weighted by molar-refractivity contribution is -0.605. The van der Waals surface area contributed by atoms with Crippen LogP contribution in [-0.4, -0.2) is 185 Å². The molecule has 0 saturated carbocycles. The van der Waals surface area contributed by atoms with Gasteiger partial charge in [-0.25, -0.2) is 19.2 Å². The Bertz CT molecular complexity index is 6010. The molecule has 13 N–H and O–H groups in total. The third-order valence-corrected chi connectivity index (χ3v) is 21.2. The first-order chi connectivity index (χ1) is 56.4. The molecule has 18 amide bonds. The van der Waals surface area contributed by atoms with Crippen molar-refractivity contribution in [3.63, 3.8) is 0 Å². The number of imide groups is 4. The fraction of sp³-hybridized carbons (Fsp3) is 0.200. The summed E-state index contributed by atoms with van der Waals surface area (Å²) in [5, 5.41) is 31.9. The first-order valence-electron chi connectivity index (χ1n) is 35.1. The van der Waals surface area contributed by atoms with Gasteiger partial charge >= 0.3 is 24.1 Å². The highest BCUT2D eigenvalue weighted by Crippen LogP contribution is 2.34. The molecular weight excluding hydrogens is 1570 g/mol. The Kier molecular flexibility index (Phi) is 22.3. The van der Waals surface area contributed by atoms with Gasteiger partial charge in [0.05, 0.1) is 69.9 Å². The van der Waals surface area contributed by atoms with Gasteiger partial charge in [-0.1, -0.05) is 71.6 Å². The molecule has 0 spiro atoms. The largest absolute Gasteiger partial charge is 0.619 e. The van der Waals surface area contributed by atoms with E-state index in [1.54, 1.807) is 96.4 Å². The van der Waals surface area contributed by atoms with E-state index in [2.05, 4.69) is 94.9 Å². The van der Waals surface area contributed by atoms with Crippen molar-refractivity contribution in [1.82, 2.24) is 67.1 Å². The van der Waals surface area contributed by atoms with Crippen LogP contribution in [0.1, 0.15) is 105 Å². The van der Waals surface area contributed by atoms with E-state index in [0.29, 0.717) is 76.4 Å². The second-order valence-electron chi connectivity index (χ2n) is 26.9. The zero-order chi connectivity index (χ0) is 84.1. The molecule has 4 saturated heterocycles. The normalized spacial score (nSPS) is 19.8. The standard InChI is InChI=1S/2C20H16N4O5S.2C20H16N4O5/c1-29-13-3-2-12-9-24(17(26)14(12)8-13)10-20(18(27)22-19(28)23-20)6-4-11-5-7-30-15(11)16(21)25;1-29-12-3-2-11-9-24(17(26)14(11)8-12)10-20(18(27)22-19(28)23-20)7-6-13-4-5-15(30-13)16(21)25;1-29-14-4-3-13-10-24(17(26)15(13)8-14)11-20(18(27)22-19(28)23-20)7-6-12-2-5-16(25)21-9-12;1-29-15-5-4-14-11-23(17(25)16(14)9-15)12-20(18(26)21-19(27)22-20)7-6-13-3-2-8-24(28)10-13/h2-3,5,7-8H,9-10H2,1H3,(H2,21,25)(H2,22,23,27,28);2-5,8H,9-10H2,1H3,(H2,21,25)(H2,22,23,27,28);2-5,8-9H,10-11H2,1H3,(H,21,25)(H2,22,23,27,28);2-5,8-10H,11-12H2,1H3,(H2,21,22,26,27)/t4*20-/m1111/s1. The number of nitrogens with two attached hydrogens (primary N) is 2. The van der Waals surface area contributed by atoms with Crippen LogP contribution in [0.3, 0.4) is 0 Å². The van der Waals surface area contributed by atoms with Crippen LogP contribution in [0.4, 0.5) is 19.2 Å². The minimum atomic E-state index is -1.66. The topological polar surface area (TPSA) is 497 Å². The van der Waals surface area contributed by atoms with Crippen molar-refractivity contribution in [3.05, 3.63) is 231 Å². The highest BCUT2D eigenvalue weighted by Gasteiger charge is 2.53. The predicted molar refractivity (Wildman–Crippen MR) is 414 cm³/mol. The molecule has 12 heterocycles. The predicted octanol–water partition coefficient (Wildman–Crippen LogP) is 0.766. The van der Waals surface area contributed by atoms with Gasteiger partial charge in [0.15, 0.2) is 12.4 Å². The number of thiophene rings is 2. The van der Waals surface area contributed by atoms with Crippen LogP contribution in [0, 0.1) is 52.6 Å². The van der Waals surface area contributed by atoms with Gasteiger partial charge in [-0.05, 0) is 106 Å². The number of nitrogens with one attached hydrogen (secondary N) is 9. The number of rotatable bonds is 14. The molecule has 118 heavy (non-hydrogen) atoms. The number of pyridine rings is 2. The summed E-state index contributed by atoms with van der Waals surface area (Å²) in [6.07, 6.45) is 3.96. The third kappa shape index (κ3) is 16.7. The van der Waals surface area contributed by atoms with Gasteiger partial charge in [-0.15, -0.1) is 22.7 Å². The number of fused-ring (bicyclic) bond motifs is 4. The monoisotopic (exact) mass is 1630 g/mol. The second-order valence-corrected chi connectivity index (χ2v) is 28.9. The van der Waals surface area contributed by atoms with Crippen LogP contribution < -0.4 is 83.2 Å². The van der Waals surface area contributed by atoms with Gasteiger partial charge in [0.2, 0.25) is 27.7 Å². The first-order valence-corrected chi connectivity index (χ1v) is 36.8. The number of carbonyl (C=O) groups is 14. The minimum absolute atomic E-state index is 0.128. The molecule has 8 aliphatic heterocycles. The van der Waals surface area contributed by atoms with E-state index in [4.69, 9.17) is 30.4 Å². The maximum atomic E-state index is 12.9. The molecule has 0 aliphatic carbocycles. The Morgan fingerprint density at radius 2 is 0.831 bits per heavy atom. The lowest BCUT2D eigenvalue weighted by Gasteiger charge is -2.26. The number of ether oxygens (including phenoxy) is 4. The number of methoxy groups -OCH3 is 4. The maximum absolute atomic E-state index is 12.9. The molecule has 4 atom stereocenters. The quantitative estimate of drug-likeness (QED) is 0.0310. The third-order valence-electron chi connectivity index (χ3n) is 19.2. The molecule has 0 bridgehead atoms. The fourth-order valence-corrected chi connectivity index (χ4v) is 14.7. The number of H-pyrrole nitrogens is 1. The summed E-state index contributed by atoms with van der Waals surface area (Å²) < 4.78 is 21.2. The lowest BCUT2D eigenvalue weighted by atomic mass is 9.99. The maximum Gasteiger partial charge on any atom is 0.323 e. The molecule has 8 aliphatic rings. The number of aromatic amines is 1. The van der Waals surface area contributed by atoms with E-state index in [-0.39, 0.29) is 86.4 Å². The molecule has 4 aromatic carbocycles. The van der Waals surface area contributed by atoms with Gasteiger partial charge in [0.1, 0.15) is 27.9 Å². The summed E-state index contributed by atoms with van der Waals surface area (Å²) in [5.41, 5.74) is 10.0. The highest BCUT2D eigenvalue weighted by atomic mass is 32.1. The molecule has 8 aromatic rings. The number of hydrogen-bond donors (Lipinski definition) is 11. The van der Waals surface area contributed by atoms with E-state index >= 15 is 0 Å². The van der Waals surface area contributed by atoms with Crippen LogP contribution in [0.15, 0.2) is 144 Å². The van der Waals surface area contributed by atoms with Gasteiger partial charge in [-0.2, -0.15) is 4.73 Å². The van der Waals surface area contributed by atoms with Crippen molar-refractivity contribution in [2.45, 2.75) is 48.3 Å². The Balaban J connectivity index is 0.000000136. The number of primary amides is 2. The average Bonchev–Trinajstić information content (AvgIpc) is 1.63. The molecule has 0 unspecified atom stereocenters. The van der Waals surface area contributed by atoms with E-state index in [0.717, 1.165) is 44.9 Å². The zero-order valence-corrected chi connectivity index (χ0v) is 63.9. The molecule has 38 heteroatoms. The van der Waals surface area contributed by atoms with Crippen molar-refractivity contribution >= 4 is 106 Å². The number of urea groups is 4. The van der Waals surface area contributed by atoms with Crippen molar-refractivity contribution in [3.8, 4) is 70.4 Å². The van der Waals surface area contributed by atoms with E-state index < -0.39 is 81.7 Å². The molecule has 36 nitrogen and oxygen atoms in total. The van der Waals surface area contributed by atoms with E-state index in [1.807, 2.05) is 0 Å². The Hall–Kier alpha value is -15.8. The number of carbonyl (C=O) groups excluding carboxylic acids is 14. The molecule has 4 fully saturated rings. The van der Waals surface area contributed by atoms with E-state index in [9.17, 15) is 77.1 Å². The van der Waals surface area contributed by atoms with Gasteiger partial charge in [-0.3, -0.25) is 74.0 Å². The van der Waals surface area contributed by atoms with Crippen LogP contribution in [0.25, 0.3) is 0 Å². The Morgan fingerprint density at radius 3 is 1.15 bits per heavy atom. The minimum Gasteiger partial charge on any atom is -0.619 e. The van der Waals surface area contributed by atoms with E-state index in [1.165, 1.54) is 90.9 Å². The van der Waals surface area contributed by atoms with Crippen LogP contribution >= 0.6 is 22.7 Å². The summed E-state index contributed by atoms with van der Waals surface area (Å²) >= 11 is 2.20. The number of nitrogens with zero attached hydrogens (tertiary/aromatic N) is 5. The van der Waals surface area contributed by atoms with Crippen LogP contribution in [0.5, 0.6) is 23.0 Å². The molecule has 4 aromatic heterocycles. The summed E-state index contributed by atoms with van der Waals surface area (Å²) in [5.74, 6) is 19.4. The first kappa shape index (κ1) is 80.3. The highest BCUT2D eigenvalue weighted by molar-refractivity contribution is 7.14. The lowest BCUT2D eigenvalue weighted by Crippen LogP contribution is -2.54.